The molecule has 2 aromatic rings. The summed E-state index contributed by atoms with van der Waals surface area (Å²) in [5, 5.41) is 9.45. The molecular formula is C22H25NO6. The minimum atomic E-state index is -1.03. The molecule has 3 rings (SSSR count). The molecule has 0 saturated carbocycles. The summed E-state index contributed by atoms with van der Waals surface area (Å²) in [5.74, 6) is 0.134. The van der Waals surface area contributed by atoms with Crippen molar-refractivity contribution in [3.8, 4) is 22.6 Å². The second-order valence-electron chi connectivity index (χ2n) is 7.90. The Labute approximate surface area is 169 Å². The van der Waals surface area contributed by atoms with Crippen LogP contribution < -0.4 is 9.47 Å². The Hall–Kier alpha value is -3.22. The van der Waals surface area contributed by atoms with Gasteiger partial charge in [-0.2, -0.15) is 0 Å². The molecule has 1 amide bonds. The number of rotatable bonds is 5. The normalized spacial score (nSPS) is 14.1. The molecule has 1 aliphatic rings. The van der Waals surface area contributed by atoms with E-state index < -0.39 is 11.6 Å². The van der Waals surface area contributed by atoms with Crippen molar-refractivity contribution in [2.45, 2.75) is 32.5 Å². The zero-order valence-corrected chi connectivity index (χ0v) is 17.0. The number of benzene rings is 2. The Balaban J connectivity index is 1.72. The van der Waals surface area contributed by atoms with Gasteiger partial charge in [0, 0.05) is 0 Å². The third kappa shape index (κ3) is 5.19. The van der Waals surface area contributed by atoms with Crippen LogP contribution in [0.5, 0.6) is 11.5 Å². The molecule has 2 aromatic carbocycles. The van der Waals surface area contributed by atoms with Crippen LogP contribution in [-0.2, 0) is 4.74 Å². The molecule has 1 heterocycles. The molecule has 0 radical (unpaired) electrons. The summed E-state index contributed by atoms with van der Waals surface area (Å²) >= 11 is 0. The van der Waals surface area contributed by atoms with Gasteiger partial charge in [0.1, 0.15) is 23.2 Å². The van der Waals surface area contributed by atoms with Crippen LogP contribution in [0.25, 0.3) is 11.1 Å². The fourth-order valence-corrected chi connectivity index (χ4v) is 2.92. The molecule has 0 aliphatic carbocycles. The highest BCUT2D eigenvalue weighted by Gasteiger charge is 2.35. The molecule has 0 spiro atoms. The van der Waals surface area contributed by atoms with Crippen LogP contribution in [0.15, 0.2) is 42.5 Å². The van der Waals surface area contributed by atoms with E-state index in [2.05, 4.69) is 0 Å². The predicted octanol–water partition coefficient (Wildman–Crippen LogP) is 4.06. The lowest BCUT2D eigenvalue weighted by molar-refractivity contribution is -0.0221. The number of aromatic carboxylic acids is 1. The fourth-order valence-electron chi connectivity index (χ4n) is 2.92. The van der Waals surface area contributed by atoms with Crippen molar-refractivity contribution in [2.24, 2.45) is 0 Å². The van der Waals surface area contributed by atoms with E-state index in [0.29, 0.717) is 18.8 Å². The SMILES string of the molecule is COc1ccc(-c2cc(OC3CN(C(=O)OC(C)(C)C)C3)cc(C(=O)O)c2)cc1. The van der Waals surface area contributed by atoms with Gasteiger partial charge >= 0.3 is 12.1 Å². The summed E-state index contributed by atoms with van der Waals surface area (Å²) < 4.78 is 16.4. The molecule has 29 heavy (non-hydrogen) atoms. The Morgan fingerprint density at radius 1 is 1.00 bits per heavy atom. The van der Waals surface area contributed by atoms with Crippen LogP contribution in [0.4, 0.5) is 4.79 Å². The van der Waals surface area contributed by atoms with Crippen LogP contribution >= 0.6 is 0 Å². The number of carbonyl (C=O) groups is 2. The molecular weight excluding hydrogens is 374 g/mol. The molecule has 0 atom stereocenters. The van der Waals surface area contributed by atoms with E-state index in [9.17, 15) is 14.7 Å². The number of carbonyl (C=O) groups excluding carboxylic acids is 1. The average Bonchev–Trinajstić information content (AvgIpc) is 2.62. The minimum Gasteiger partial charge on any atom is -0.497 e. The summed E-state index contributed by atoms with van der Waals surface area (Å²) in [7, 11) is 1.59. The Morgan fingerprint density at radius 2 is 1.66 bits per heavy atom. The highest BCUT2D eigenvalue weighted by molar-refractivity contribution is 5.90. The van der Waals surface area contributed by atoms with E-state index in [4.69, 9.17) is 14.2 Å². The van der Waals surface area contributed by atoms with Gasteiger partial charge in [0.05, 0.1) is 25.8 Å². The maximum atomic E-state index is 12.0. The van der Waals surface area contributed by atoms with E-state index >= 15 is 0 Å². The summed E-state index contributed by atoms with van der Waals surface area (Å²) in [6.45, 7) is 6.23. The lowest BCUT2D eigenvalue weighted by Crippen LogP contribution is -2.57. The van der Waals surface area contributed by atoms with Gasteiger partial charge in [0.25, 0.3) is 0 Å². The van der Waals surface area contributed by atoms with Crippen molar-refractivity contribution in [1.29, 1.82) is 0 Å². The van der Waals surface area contributed by atoms with Gasteiger partial charge in [-0.3, -0.25) is 0 Å². The number of likely N-dealkylation sites (tertiary alicyclic amines) is 1. The first-order valence-corrected chi connectivity index (χ1v) is 9.32. The summed E-state index contributed by atoms with van der Waals surface area (Å²) in [6.07, 6.45) is -0.592. The van der Waals surface area contributed by atoms with Crippen molar-refractivity contribution in [1.82, 2.24) is 4.90 Å². The number of nitrogens with zero attached hydrogens (tertiary/aromatic N) is 1. The first kappa shape index (κ1) is 20.5. The number of ether oxygens (including phenoxy) is 3. The van der Waals surface area contributed by atoms with Crippen molar-refractivity contribution >= 4 is 12.1 Å². The third-order valence-electron chi connectivity index (χ3n) is 4.38. The first-order chi connectivity index (χ1) is 13.6. The maximum absolute atomic E-state index is 12.0. The Kier molecular flexibility index (Phi) is 5.68. The van der Waals surface area contributed by atoms with E-state index in [1.807, 2.05) is 45.0 Å². The lowest BCUT2D eigenvalue weighted by atomic mass is 10.0. The van der Waals surface area contributed by atoms with Crippen LogP contribution in [0, 0.1) is 0 Å². The molecule has 1 N–H and O–H groups in total. The monoisotopic (exact) mass is 399 g/mol. The van der Waals surface area contributed by atoms with Gasteiger partial charge in [-0.1, -0.05) is 12.1 Å². The molecule has 1 fully saturated rings. The maximum Gasteiger partial charge on any atom is 0.410 e. The average molecular weight is 399 g/mol. The van der Waals surface area contributed by atoms with Crippen molar-refractivity contribution in [3.05, 3.63) is 48.0 Å². The zero-order chi connectivity index (χ0) is 21.2. The van der Waals surface area contributed by atoms with Gasteiger partial charge in [-0.05, 0) is 62.2 Å². The van der Waals surface area contributed by atoms with E-state index in [0.717, 1.165) is 16.9 Å². The summed E-state index contributed by atoms with van der Waals surface area (Å²) in [4.78, 5) is 25.1. The number of amides is 1. The molecule has 0 bridgehead atoms. The predicted molar refractivity (Wildman–Crippen MR) is 108 cm³/mol. The number of methoxy groups -OCH3 is 1. The second-order valence-corrected chi connectivity index (χ2v) is 7.90. The van der Waals surface area contributed by atoms with Crippen molar-refractivity contribution < 1.29 is 28.9 Å². The first-order valence-electron chi connectivity index (χ1n) is 9.32. The molecule has 1 saturated heterocycles. The Bertz CT molecular complexity index is 895. The number of hydrogen-bond acceptors (Lipinski definition) is 5. The topological polar surface area (TPSA) is 85.3 Å². The van der Waals surface area contributed by atoms with Gasteiger partial charge in [0.2, 0.25) is 0 Å². The molecule has 0 aromatic heterocycles. The molecule has 0 unspecified atom stereocenters. The zero-order valence-electron chi connectivity index (χ0n) is 17.0. The second kappa shape index (κ2) is 8.03. The summed E-state index contributed by atoms with van der Waals surface area (Å²) in [5.41, 5.74) is 1.16. The van der Waals surface area contributed by atoms with Crippen LogP contribution in [0.3, 0.4) is 0 Å². The number of carboxylic acids is 1. The van der Waals surface area contributed by atoms with Crippen LogP contribution in [0.2, 0.25) is 0 Å². The van der Waals surface area contributed by atoms with Gasteiger partial charge in [-0.15, -0.1) is 0 Å². The van der Waals surface area contributed by atoms with Gasteiger partial charge in [0.15, 0.2) is 0 Å². The van der Waals surface area contributed by atoms with Gasteiger partial charge in [-0.25, -0.2) is 9.59 Å². The molecule has 154 valence electrons. The largest absolute Gasteiger partial charge is 0.497 e. The highest BCUT2D eigenvalue weighted by Crippen LogP contribution is 2.29. The van der Waals surface area contributed by atoms with E-state index in [1.165, 1.54) is 6.07 Å². The number of hydrogen-bond donors (Lipinski definition) is 1. The fraction of sp³-hybridized carbons (Fsp3) is 0.364. The molecule has 1 aliphatic heterocycles. The minimum absolute atomic E-state index is 0.136. The lowest BCUT2D eigenvalue weighted by Gasteiger charge is -2.39. The number of carboxylic acid groups (broad SMARTS) is 1. The van der Waals surface area contributed by atoms with Gasteiger partial charge < -0.3 is 24.2 Å². The quantitative estimate of drug-likeness (QED) is 0.816. The molecule has 7 nitrogen and oxygen atoms in total. The van der Waals surface area contributed by atoms with Crippen molar-refractivity contribution in [3.63, 3.8) is 0 Å². The van der Waals surface area contributed by atoms with E-state index in [-0.39, 0.29) is 17.8 Å². The standard InChI is InChI=1S/C22H25NO6/c1-22(2,3)29-21(26)23-12-19(13-23)28-18-10-15(9-16(11-18)20(24)25)14-5-7-17(27-4)8-6-14/h5-11,19H,12-13H2,1-4H3,(H,24,25). The summed E-state index contributed by atoms with van der Waals surface area (Å²) in [6, 6.07) is 12.2. The van der Waals surface area contributed by atoms with Crippen molar-refractivity contribution in [2.75, 3.05) is 20.2 Å². The smallest absolute Gasteiger partial charge is 0.410 e. The van der Waals surface area contributed by atoms with Crippen LogP contribution in [-0.4, -0.2) is 54.0 Å². The highest BCUT2D eigenvalue weighted by atomic mass is 16.6. The molecule has 7 heteroatoms. The Morgan fingerprint density at radius 3 is 2.21 bits per heavy atom. The van der Waals surface area contributed by atoms with Crippen LogP contribution in [0.1, 0.15) is 31.1 Å². The van der Waals surface area contributed by atoms with E-state index in [1.54, 1.807) is 24.1 Å². The third-order valence-corrected chi connectivity index (χ3v) is 4.38.